The summed E-state index contributed by atoms with van der Waals surface area (Å²) in [5, 5.41) is 20.2. The van der Waals surface area contributed by atoms with Gasteiger partial charge in [-0.05, 0) is 40.7 Å². The summed E-state index contributed by atoms with van der Waals surface area (Å²) in [6, 6.07) is 15.6. The molecule has 0 radical (unpaired) electrons. The van der Waals surface area contributed by atoms with Crippen molar-refractivity contribution in [3.63, 3.8) is 0 Å². The van der Waals surface area contributed by atoms with Crippen LogP contribution in [0.3, 0.4) is 0 Å². The Balaban J connectivity index is 1.64. The van der Waals surface area contributed by atoms with E-state index in [0.29, 0.717) is 31.1 Å². The predicted octanol–water partition coefficient (Wildman–Crippen LogP) is 3.82. The largest absolute Gasteiger partial charge is 0.353 e. The Kier molecular flexibility index (Phi) is 9.98. The molecule has 2 atom stereocenters. The summed E-state index contributed by atoms with van der Waals surface area (Å²) in [5.41, 5.74) is 3.98. The van der Waals surface area contributed by atoms with Crippen molar-refractivity contribution in [3.8, 4) is 22.5 Å². The molecule has 0 fully saturated rings. The number of benzene rings is 2. The average Bonchev–Trinajstić information content (AvgIpc) is 3.39. The predicted molar refractivity (Wildman–Crippen MR) is 141 cm³/mol. The number of hydrogen-bond acceptors (Lipinski definition) is 7. The van der Waals surface area contributed by atoms with Crippen molar-refractivity contribution in [1.82, 2.24) is 31.3 Å². The molecule has 3 aromatic rings. The van der Waals surface area contributed by atoms with Gasteiger partial charge in [0.05, 0.1) is 11.3 Å². The summed E-state index contributed by atoms with van der Waals surface area (Å²) >= 11 is 4.41. The maximum Gasteiger partial charge on any atom is 0.232 e. The normalized spacial score (nSPS) is 12.9. The molecule has 0 aliphatic heterocycles. The van der Waals surface area contributed by atoms with Gasteiger partial charge < -0.3 is 10.6 Å². The number of hydrogen-bond donors (Lipinski definition) is 4. The minimum atomic E-state index is -0.447. The Morgan fingerprint density at radius 3 is 2.40 bits per heavy atom. The molecule has 2 aromatic carbocycles. The number of nitrogens with zero attached hydrogens (tertiary/aromatic N) is 3. The highest BCUT2D eigenvalue weighted by atomic mass is 32.1. The first-order valence-electron chi connectivity index (χ1n) is 12.0. The molecule has 0 bridgehead atoms. The number of aromatic amines is 1. The molecule has 35 heavy (non-hydrogen) atoms. The van der Waals surface area contributed by atoms with Crippen LogP contribution in [0.15, 0.2) is 48.5 Å². The third-order valence-corrected chi connectivity index (χ3v) is 6.14. The van der Waals surface area contributed by atoms with Crippen LogP contribution >= 0.6 is 12.6 Å². The molecular weight excluding hydrogens is 460 g/mol. The first-order valence-corrected chi connectivity index (χ1v) is 12.5. The highest BCUT2D eigenvalue weighted by molar-refractivity contribution is 7.81. The lowest BCUT2D eigenvalue weighted by atomic mass is 9.98. The van der Waals surface area contributed by atoms with Crippen LogP contribution in [0.4, 0.5) is 0 Å². The summed E-state index contributed by atoms with van der Waals surface area (Å²) in [6.07, 6.45) is 1.93. The van der Waals surface area contributed by atoms with Gasteiger partial charge >= 0.3 is 0 Å². The lowest BCUT2D eigenvalue weighted by molar-refractivity contribution is -0.122. The van der Waals surface area contributed by atoms with E-state index in [0.717, 1.165) is 28.7 Å². The van der Waals surface area contributed by atoms with Crippen LogP contribution in [-0.2, 0) is 16.1 Å². The zero-order chi connectivity index (χ0) is 25.2. The second-order valence-corrected chi connectivity index (χ2v) is 9.64. The standard InChI is InChI=1S/C26H34N6O2S/c1-4-7-23(33)22(16-28-26(34)24(35)14-17(2)3)27-15-18-10-12-19(13-11-18)20-8-5-6-9-21(20)25-29-31-32-30-25/h5-6,8-13,17,22,24,27,35H,4,7,14-16H2,1-3H3,(H,28,34)(H,29,30,31,32). The lowest BCUT2D eigenvalue weighted by Gasteiger charge is -2.20. The summed E-state index contributed by atoms with van der Waals surface area (Å²) in [5.74, 6) is 0.879. The van der Waals surface area contributed by atoms with Gasteiger partial charge in [-0.3, -0.25) is 9.59 Å². The van der Waals surface area contributed by atoms with E-state index in [9.17, 15) is 9.59 Å². The molecule has 1 heterocycles. The minimum Gasteiger partial charge on any atom is -0.353 e. The molecule has 1 aromatic heterocycles. The van der Waals surface area contributed by atoms with Gasteiger partial charge in [-0.2, -0.15) is 17.8 Å². The number of H-pyrrole nitrogens is 1. The highest BCUT2D eigenvalue weighted by Crippen LogP contribution is 2.29. The fraction of sp³-hybridized carbons (Fsp3) is 0.423. The quantitative estimate of drug-likeness (QED) is 0.269. The second kappa shape index (κ2) is 13.2. The second-order valence-electron chi connectivity index (χ2n) is 9.02. The number of rotatable bonds is 13. The van der Waals surface area contributed by atoms with Gasteiger partial charge in [0.2, 0.25) is 11.7 Å². The molecular formula is C26H34N6O2S. The maximum atomic E-state index is 12.7. The smallest absolute Gasteiger partial charge is 0.232 e. The maximum absolute atomic E-state index is 12.7. The van der Waals surface area contributed by atoms with Crippen LogP contribution in [0.25, 0.3) is 22.5 Å². The SMILES string of the molecule is CCCC(=O)C(CNC(=O)C(S)CC(C)C)NCc1ccc(-c2ccccc2-c2nn[nH]n2)cc1. The van der Waals surface area contributed by atoms with E-state index in [4.69, 9.17) is 0 Å². The van der Waals surface area contributed by atoms with Crippen LogP contribution in [0, 0.1) is 5.92 Å². The third kappa shape index (κ3) is 7.73. The number of carbonyl (C=O) groups is 2. The number of tetrazole rings is 1. The Bertz CT molecular complexity index is 1090. The van der Waals surface area contributed by atoms with Crippen molar-refractivity contribution in [2.75, 3.05) is 6.54 Å². The topological polar surface area (TPSA) is 113 Å². The fourth-order valence-electron chi connectivity index (χ4n) is 3.84. The van der Waals surface area contributed by atoms with E-state index >= 15 is 0 Å². The number of aromatic nitrogens is 4. The van der Waals surface area contributed by atoms with E-state index in [1.54, 1.807) is 0 Å². The Hall–Kier alpha value is -3.04. The summed E-state index contributed by atoms with van der Waals surface area (Å²) in [6.45, 7) is 6.86. The van der Waals surface area contributed by atoms with Gasteiger partial charge in [0.15, 0.2) is 5.78 Å². The fourth-order valence-corrected chi connectivity index (χ4v) is 4.36. The van der Waals surface area contributed by atoms with E-state index in [1.165, 1.54) is 0 Å². The van der Waals surface area contributed by atoms with E-state index in [-0.39, 0.29) is 23.5 Å². The molecule has 1 amide bonds. The van der Waals surface area contributed by atoms with Crippen LogP contribution in [0.2, 0.25) is 0 Å². The Morgan fingerprint density at radius 2 is 1.77 bits per heavy atom. The molecule has 8 nitrogen and oxygen atoms in total. The molecule has 9 heteroatoms. The number of ketones is 1. The van der Waals surface area contributed by atoms with Crippen molar-refractivity contribution in [1.29, 1.82) is 0 Å². The van der Waals surface area contributed by atoms with E-state index in [1.807, 2.05) is 55.5 Å². The lowest BCUT2D eigenvalue weighted by Crippen LogP contribution is -2.47. The molecule has 3 N–H and O–H groups in total. The molecule has 0 aliphatic rings. The molecule has 0 saturated heterocycles. The summed E-state index contributed by atoms with van der Waals surface area (Å²) < 4.78 is 0. The summed E-state index contributed by atoms with van der Waals surface area (Å²) in [4.78, 5) is 25.0. The van der Waals surface area contributed by atoms with E-state index in [2.05, 4.69) is 57.7 Å². The number of nitrogens with one attached hydrogen (secondary N) is 3. The first kappa shape index (κ1) is 26.6. The Morgan fingerprint density at radius 1 is 1.06 bits per heavy atom. The average molecular weight is 495 g/mol. The van der Waals surface area contributed by atoms with Crippen LogP contribution < -0.4 is 10.6 Å². The van der Waals surface area contributed by atoms with Crippen LogP contribution in [0.1, 0.15) is 45.6 Å². The Labute approximate surface area is 212 Å². The molecule has 3 rings (SSSR count). The van der Waals surface area contributed by atoms with Crippen molar-refractivity contribution in [3.05, 3.63) is 54.1 Å². The van der Waals surface area contributed by atoms with Crippen molar-refractivity contribution in [2.45, 2.75) is 57.9 Å². The van der Waals surface area contributed by atoms with Crippen LogP contribution in [0.5, 0.6) is 0 Å². The highest BCUT2D eigenvalue weighted by Gasteiger charge is 2.21. The van der Waals surface area contributed by atoms with Crippen molar-refractivity contribution in [2.24, 2.45) is 5.92 Å². The minimum absolute atomic E-state index is 0.0954. The molecule has 0 aliphatic carbocycles. The number of carbonyl (C=O) groups excluding carboxylic acids is 2. The molecule has 0 spiro atoms. The molecule has 186 valence electrons. The monoisotopic (exact) mass is 494 g/mol. The molecule has 2 unspecified atom stereocenters. The van der Waals surface area contributed by atoms with Gasteiger partial charge in [-0.1, -0.05) is 69.3 Å². The summed E-state index contributed by atoms with van der Waals surface area (Å²) in [7, 11) is 0. The van der Waals surface area contributed by atoms with Gasteiger partial charge in [0.1, 0.15) is 0 Å². The third-order valence-electron chi connectivity index (χ3n) is 5.69. The molecule has 0 saturated carbocycles. The van der Waals surface area contributed by atoms with Gasteiger partial charge in [0.25, 0.3) is 0 Å². The van der Waals surface area contributed by atoms with Gasteiger partial charge in [-0.15, -0.1) is 10.2 Å². The number of Topliss-reactive ketones (excluding diaryl/α,β-unsaturated/α-hetero) is 1. The van der Waals surface area contributed by atoms with Crippen molar-refractivity contribution < 1.29 is 9.59 Å². The number of amides is 1. The zero-order valence-electron chi connectivity index (χ0n) is 20.5. The van der Waals surface area contributed by atoms with E-state index < -0.39 is 6.04 Å². The number of thiol groups is 1. The van der Waals surface area contributed by atoms with Gasteiger partial charge in [-0.25, -0.2) is 0 Å². The zero-order valence-corrected chi connectivity index (χ0v) is 21.4. The van der Waals surface area contributed by atoms with Crippen molar-refractivity contribution >= 4 is 24.3 Å². The van der Waals surface area contributed by atoms with Gasteiger partial charge in [0, 0.05) is 25.1 Å². The van der Waals surface area contributed by atoms with Crippen LogP contribution in [-0.4, -0.2) is 50.2 Å². The first-order chi connectivity index (χ1) is 16.9.